The van der Waals surface area contributed by atoms with Gasteiger partial charge in [-0.15, -0.1) is 0 Å². The number of benzene rings is 1. The summed E-state index contributed by atoms with van der Waals surface area (Å²) in [5.41, 5.74) is 2.86. The van der Waals surface area contributed by atoms with Crippen molar-refractivity contribution < 1.29 is 14.0 Å². The first kappa shape index (κ1) is 20.1. The van der Waals surface area contributed by atoms with Crippen LogP contribution in [0.5, 0.6) is 0 Å². The number of hydrogen-bond donors (Lipinski definition) is 1. The highest BCUT2D eigenvalue weighted by Gasteiger charge is 2.29. The molecule has 0 saturated carbocycles. The molecule has 30 heavy (non-hydrogen) atoms. The zero-order chi connectivity index (χ0) is 21.4. The molecule has 1 atom stereocenters. The molecule has 2 aromatic heterocycles. The third kappa shape index (κ3) is 3.79. The van der Waals surface area contributed by atoms with Crippen molar-refractivity contribution in [2.75, 3.05) is 23.3 Å². The van der Waals surface area contributed by atoms with Crippen molar-refractivity contribution >= 4 is 34.3 Å². The molecule has 0 spiro atoms. The van der Waals surface area contributed by atoms with Gasteiger partial charge in [0.2, 0.25) is 11.6 Å². The Balaban J connectivity index is 1.57. The van der Waals surface area contributed by atoms with Crippen molar-refractivity contribution in [3.63, 3.8) is 0 Å². The standard InChI is InChI=1S/C23H26N4O3/c1-13-15(3)30-23-20(13)21(24-16(4)25-23)27-10-6-8-18(12-27)22(29)26-19-9-5-7-17(11-19)14(2)28/h5,7,9,11,18H,6,8,10,12H2,1-4H3,(H,26,29). The lowest BCUT2D eigenvalue weighted by Crippen LogP contribution is -2.41. The van der Waals surface area contributed by atoms with Gasteiger partial charge in [0.15, 0.2) is 5.78 Å². The zero-order valence-corrected chi connectivity index (χ0v) is 17.8. The Labute approximate surface area is 175 Å². The lowest BCUT2D eigenvalue weighted by atomic mass is 9.96. The molecule has 7 heteroatoms. The van der Waals surface area contributed by atoms with Gasteiger partial charge in [0.25, 0.3) is 0 Å². The highest BCUT2D eigenvalue weighted by molar-refractivity contribution is 5.98. The van der Waals surface area contributed by atoms with Gasteiger partial charge in [-0.1, -0.05) is 12.1 Å². The predicted octanol–water partition coefficient (Wildman–Crippen LogP) is 4.21. The van der Waals surface area contributed by atoms with E-state index in [4.69, 9.17) is 9.40 Å². The number of carbonyl (C=O) groups excluding carboxylic acids is 2. The first-order valence-corrected chi connectivity index (χ1v) is 10.2. The number of nitrogens with zero attached hydrogens (tertiary/aromatic N) is 3. The van der Waals surface area contributed by atoms with Crippen LogP contribution in [-0.2, 0) is 4.79 Å². The van der Waals surface area contributed by atoms with Crippen molar-refractivity contribution in [1.29, 1.82) is 0 Å². The van der Waals surface area contributed by atoms with Crippen molar-refractivity contribution in [3.8, 4) is 0 Å². The van der Waals surface area contributed by atoms with E-state index >= 15 is 0 Å². The number of aryl methyl sites for hydroxylation is 3. The Hall–Kier alpha value is -3.22. The Morgan fingerprint density at radius 3 is 2.77 bits per heavy atom. The van der Waals surface area contributed by atoms with Crippen LogP contribution in [0, 0.1) is 26.7 Å². The van der Waals surface area contributed by atoms with Crippen LogP contribution in [0.2, 0.25) is 0 Å². The van der Waals surface area contributed by atoms with Gasteiger partial charge in [0, 0.05) is 29.9 Å². The van der Waals surface area contributed by atoms with Crippen molar-refractivity contribution in [2.24, 2.45) is 5.92 Å². The second-order valence-electron chi connectivity index (χ2n) is 7.97. The van der Waals surface area contributed by atoms with E-state index < -0.39 is 0 Å². The number of aromatic nitrogens is 2. The smallest absolute Gasteiger partial charge is 0.231 e. The number of furan rings is 1. The van der Waals surface area contributed by atoms with Crippen LogP contribution in [0.1, 0.15) is 47.3 Å². The maximum Gasteiger partial charge on any atom is 0.231 e. The monoisotopic (exact) mass is 406 g/mol. The molecule has 4 rings (SSSR count). The van der Waals surface area contributed by atoms with Gasteiger partial charge in [-0.05, 0) is 52.7 Å². The summed E-state index contributed by atoms with van der Waals surface area (Å²) >= 11 is 0. The van der Waals surface area contributed by atoms with Crippen LogP contribution in [0.4, 0.5) is 11.5 Å². The zero-order valence-electron chi connectivity index (χ0n) is 17.8. The minimum Gasteiger partial charge on any atom is -0.443 e. The Kier molecular flexibility index (Phi) is 5.28. The maximum absolute atomic E-state index is 13.0. The number of hydrogen-bond acceptors (Lipinski definition) is 6. The third-order valence-corrected chi connectivity index (χ3v) is 5.75. The maximum atomic E-state index is 13.0. The molecule has 1 aliphatic heterocycles. The summed E-state index contributed by atoms with van der Waals surface area (Å²) < 4.78 is 5.81. The van der Waals surface area contributed by atoms with E-state index in [2.05, 4.69) is 15.2 Å². The molecule has 0 radical (unpaired) electrons. The van der Waals surface area contributed by atoms with Crippen LogP contribution >= 0.6 is 0 Å². The molecule has 1 aliphatic rings. The van der Waals surface area contributed by atoms with E-state index in [0.29, 0.717) is 29.3 Å². The number of fused-ring (bicyclic) bond motifs is 1. The summed E-state index contributed by atoms with van der Waals surface area (Å²) in [7, 11) is 0. The molecule has 1 N–H and O–H groups in total. The highest BCUT2D eigenvalue weighted by atomic mass is 16.3. The lowest BCUT2D eigenvalue weighted by molar-refractivity contribution is -0.120. The summed E-state index contributed by atoms with van der Waals surface area (Å²) in [5.74, 6) is 2.09. The molecule has 1 aromatic carbocycles. The topological polar surface area (TPSA) is 88.3 Å². The summed E-state index contributed by atoms with van der Waals surface area (Å²) in [5, 5.41) is 3.90. The molecular formula is C23H26N4O3. The van der Waals surface area contributed by atoms with E-state index in [1.807, 2.05) is 20.8 Å². The molecule has 7 nitrogen and oxygen atoms in total. The van der Waals surface area contributed by atoms with Gasteiger partial charge in [-0.3, -0.25) is 9.59 Å². The average Bonchev–Trinajstić information content (AvgIpc) is 3.01. The summed E-state index contributed by atoms with van der Waals surface area (Å²) in [6.07, 6.45) is 1.71. The molecule has 156 valence electrons. The first-order valence-electron chi connectivity index (χ1n) is 10.2. The summed E-state index contributed by atoms with van der Waals surface area (Å²) in [6.45, 7) is 8.72. The van der Waals surface area contributed by atoms with Gasteiger partial charge >= 0.3 is 0 Å². The van der Waals surface area contributed by atoms with Gasteiger partial charge in [0.05, 0.1) is 11.3 Å². The lowest BCUT2D eigenvalue weighted by Gasteiger charge is -2.33. The minimum absolute atomic E-state index is 0.0242. The highest BCUT2D eigenvalue weighted by Crippen LogP contribution is 2.33. The largest absolute Gasteiger partial charge is 0.443 e. The number of amides is 1. The van der Waals surface area contributed by atoms with E-state index in [1.165, 1.54) is 6.92 Å². The van der Waals surface area contributed by atoms with Crippen LogP contribution in [-0.4, -0.2) is 34.7 Å². The number of carbonyl (C=O) groups is 2. The van der Waals surface area contributed by atoms with Gasteiger partial charge in [-0.25, -0.2) is 4.98 Å². The van der Waals surface area contributed by atoms with Crippen LogP contribution < -0.4 is 10.2 Å². The Morgan fingerprint density at radius 2 is 2.00 bits per heavy atom. The minimum atomic E-state index is -0.168. The first-order chi connectivity index (χ1) is 14.3. The number of Topliss-reactive ketones (excluding diaryl/α,β-unsaturated/α-hetero) is 1. The van der Waals surface area contributed by atoms with Gasteiger partial charge in [-0.2, -0.15) is 4.98 Å². The summed E-state index contributed by atoms with van der Waals surface area (Å²) in [4.78, 5) is 35.9. The molecule has 1 saturated heterocycles. The van der Waals surface area contributed by atoms with Gasteiger partial charge in [0.1, 0.15) is 17.4 Å². The molecule has 3 heterocycles. The normalized spacial score (nSPS) is 16.7. The molecule has 1 amide bonds. The van der Waals surface area contributed by atoms with Crippen LogP contribution in [0.15, 0.2) is 28.7 Å². The average molecular weight is 406 g/mol. The van der Waals surface area contributed by atoms with E-state index in [0.717, 1.165) is 41.9 Å². The second kappa shape index (κ2) is 7.89. The molecule has 1 unspecified atom stereocenters. The SMILES string of the molecule is CC(=O)c1cccc(NC(=O)C2CCCN(c3nc(C)nc4oc(C)c(C)c34)C2)c1. The van der Waals surface area contributed by atoms with Crippen molar-refractivity contribution in [3.05, 3.63) is 47.0 Å². The second-order valence-corrected chi connectivity index (χ2v) is 7.97. The molecule has 1 fully saturated rings. The van der Waals surface area contributed by atoms with Gasteiger partial charge < -0.3 is 14.6 Å². The molecule has 0 bridgehead atoms. The van der Waals surface area contributed by atoms with Crippen LogP contribution in [0.3, 0.4) is 0 Å². The number of anilines is 2. The van der Waals surface area contributed by atoms with Crippen molar-refractivity contribution in [2.45, 2.75) is 40.5 Å². The van der Waals surface area contributed by atoms with E-state index in [1.54, 1.807) is 24.3 Å². The fourth-order valence-electron chi connectivity index (χ4n) is 4.00. The molecule has 3 aromatic rings. The molecular weight excluding hydrogens is 380 g/mol. The number of piperidine rings is 1. The Bertz CT molecular complexity index is 1130. The number of rotatable bonds is 4. The van der Waals surface area contributed by atoms with Crippen LogP contribution in [0.25, 0.3) is 11.1 Å². The fourth-order valence-corrected chi connectivity index (χ4v) is 4.00. The number of nitrogens with one attached hydrogen (secondary N) is 1. The summed E-state index contributed by atoms with van der Waals surface area (Å²) in [6, 6.07) is 7.05. The third-order valence-electron chi connectivity index (χ3n) is 5.75. The predicted molar refractivity (Wildman–Crippen MR) is 116 cm³/mol. The van der Waals surface area contributed by atoms with E-state index in [-0.39, 0.29) is 17.6 Å². The van der Waals surface area contributed by atoms with Crippen molar-refractivity contribution in [1.82, 2.24) is 9.97 Å². The molecule has 0 aliphatic carbocycles. The number of ketones is 1. The quantitative estimate of drug-likeness (QED) is 0.653. The van der Waals surface area contributed by atoms with E-state index in [9.17, 15) is 9.59 Å². The fraction of sp³-hybridized carbons (Fsp3) is 0.391. The Morgan fingerprint density at radius 1 is 1.20 bits per heavy atom.